The summed E-state index contributed by atoms with van der Waals surface area (Å²) in [5, 5.41) is 11.7. The first kappa shape index (κ1) is 13.9. The molecule has 92 valence electrons. The molecule has 0 saturated carbocycles. The summed E-state index contributed by atoms with van der Waals surface area (Å²) in [4.78, 5) is 20.9. The van der Waals surface area contributed by atoms with Gasteiger partial charge in [0.2, 0.25) is 6.41 Å². The second-order valence-electron chi connectivity index (χ2n) is 3.32. The van der Waals surface area contributed by atoms with Gasteiger partial charge in [-0.15, -0.1) is 0 Å². The normalized spacial score (nSPS) is 11.8. The van der Waals surface area contributed by atoms with Crippen molar-refractivity contribution >= 4 is 35.7 Å². The number of thioether (sulfide) groups is 1. The molecule has 0 saturated heterocycles. The Balaban J connectivity index is 2.37. The van der Waals surface area contributed by atoms with Gasteiger partial charge in [-0.05, 0) is 17.7 Å². The molecule has 0 radical (unpaired) electrons. The summed E-state index contributed by atoms with van der Waals surface area (Å²) in [6, 6.07) is 6.51. The molecule has 1 amide bonds. The Morgan fingerprint density at radius 1 is 1.47 bits per heavy atom. The van der Waals surface area contributed by atoms with E-state index in [2.05, 4.69) is 5.32 Å². The van der Waals surface area contributed by atoms with Crippen LogP contribution in [0.3, 0.4) is 0 Å². The van der Waals surface area contributed by atoms with E-state index in [1.165, 1.54) is 11.8 Å². The number of rotatable bonds is 7. The maximum atomic E-state index is 10.7. The van der Waals surface area contributed by atoms with Crippen LogP contribution in [0.1, 0.15) is 5.56 Å². The Morgan fingerprint density at radius 2 is 2.12 bits per heavy atom. The lowest BCUT2D eigenvalue weighted by Crippen LogP contribution is -2.37. The first-order valence-electron chi connectivity index (χ1n) is 4.88. The van der Waals surface area contributed by atoms with Crippen LogP contribution in [-0.4, -0.2) is 29.3 Å². The standard InChI is InChI=1S/C11H12ClNO3S/c12-9-3-1-8(2-4-9)5-17-6-10(11(15)16)13-7-14/h1-4,7,10H,5-6H2,(H,13,14)(H,15,16). The summed E-state index contributed by atoms with van der Waals surface area (Å²) in [6.07, 6.45) is 0.404. The third-order valence-corrected chi connectivity index (χ3v) is 3.39. The molecule has 0 spiro atoms. The molecular weight excluding hydrogens is 262 g/mol. The van der Waals surface area contributed by atoms with Gasteiger partial charge in [-0.3, -0.25) is 4.79 Å². The molecule has 2 N–H and O–H groups in total. The van der Waals surface area contributed by atoms with E-state index in [-0.39, 0.29) is 0 Å². The molecule has 1 atom stereocenters. The highest BCUT2D eigenvalue weighted by atomic mass is 35.5. The Hall–Kier alpha value is -1.20. The van der Waals surface area contributed by atoms with Gasteiger partial charge in [-0.25, -0.2) is 4.79 Å². The van der Waals surface area contributed by atoms with E-state index < -0.39 is 12.0 Å². The second kappa shape index (κ2) is 7.19. The van der Waals surface area contributed by atoms with Gasteiger partial charge >= 0.3 is 5.97 Å². The van der Waals surface area contributed by atoms with Gasteiger partial charge in [0.05, 0.1) is 0 Å². The lowest BCUT2D eigenvalue weighted by molar-refractivity contribution is -0.139. The van der Waals surface area contributed by atoms with Gasteiger partial charge in [-0.2, -0.15) is 11.8 Å². The average Bonchev–Trinajstić information content (AvgIpc) is 2.30. The number of halogens is 1. The highest BCUT2D eigenvalue weighted by molar-refractivity contribution is 7.98. The maximum absolute atomic E-state index is 10.7. The molecule has 0 bridgehead atoms. The van der Waals surface area contributed by atoms with Crippen molar-refractivity contribution in [3.05, 3.63) is 34.9 Å². The molecule has 6 heteroatoms. The van der Waals surface area contributed by atoms with Crippen molar-refractivity contribution < 1.29 is 14.7 Å². The van der Waals surface area contributed by atoms with Crippen molar-refractivity contribution in [1.82, 2.24) is 5.32 Å². The van der Waals surface area contributed by atoms with E-state index in [0.717, 1.165) is 5.56 Å². The number of amides is 1. The van der Waals surface area contributed by atoms with Crippen LogP contribution in [0, 0.1) is 0 Å². The summed E-state index contributed by atoms with van der Waals surface area (Å²) < 4.78 is 0. The van der Waals surface area contributed by atoms with Gasteiger partial charge < -0.3 is 10.4 Å². The quantitative estimate of drug-likeness (QED) is 0.743. The molecule has 0 aromatic heterocycles. The molecule has 0 aliphatic rings. The van der Waals surface area contributed by atoms with Gasteiger partial charge in [-0.1, -0.05) is 23.7 Å². The number of aliphatic carboxylic acids is 1. The van der Waals surface area contributed by atoms with Gasteiger partial charge in [0, 0.05) is 16.5 Å². The summed E-state index contributed by atoms with van der Waals surface area (Å²) in [6.45, 7) is 0. The van der Waals surface area contributed by atoms with Gasteiger partial charge in [0.25, 0.3) is 0 Å². The second-order valence-corrected chi connectivity index (χ2v) is 4.78. The fourth-order valence-electron chi connectivity index (χ4n) is 1.15. The van der Waals surface area contributed by atoms with Crippen molar-refractivity contribution in [3.8, 4) is 0 Å². The van der Waals surface area contributed by atoms with E-state index in [4.69, 9.17) is 16.7 Å². The molecule has 1 aromatic carbocycles. The fourth-order valence-corrected chi connectivity index (χ4v) is 2.29. The summed E-state index contributed by atoms with van der Waals surface area (Å²) in [5.74, 6) is -0.0150. The zero-order chi connectivity index (χ0) is 12.7. The van der Waals surface area contributed by atoms with Crippen LogP contribution in [0.15, 0.2) is 24.3 Å². The molecular formula is C11H12ClNO3S. The number of carbonyl (C=O) groups is 2. The van der Waals surface area contributed by atoms with Crippen molar-refractivity contribution in [3.63, 3.8) is 0 Å². The summed E-state index contributed by atoms with van der Waals surface area (Å²) in [7, 11) is 0. The van der Waals surface area contributed by atoms with Crippen LogP contribution in [0.25, 0.3) is 0 Å². The molecule has 17 heavy (non-hydrogen) atoms. The van der Waals surface area contributed by atoms with Crippen LogP contribution in [-0.2, 0) is 15.3 Å². The number of carboxylic acids is 1. The number of hydrogen-bond acceptors (Lipinski definition) is 3. The van der Waals surface area contributed by atoms with Crippen molar-refractivity contribution in [1.29, 1.82) is 0 Å². The van der Waals surface area contributed by atoms with Crippen LogP contribution in [0.5, 0.6) is 0 Å². The Labute approximate surface area is 108 Å². The molecule has 0 fully saturated rings. The fraction of sp³-hybridized carbons (Fsp3) is 0.273. The monoisotopic (exact) mass is 273 g/mol. The topological polar surface area (TPSA) is 66.4 Å². The van der Waals surface area contributed by atoms with Gasteiger partial charge in [0.1, 0.15) is 6.04 Å². The maximum Gasteiger partial charge on any atom is 0.327 e. The minimum atomic E-state index is -1.03. The Bertz CT molecular complexity index is 383. The Kier molecular flexibility index (Phi) is 5.86. The third-order valence-electron chi connectivity index (χ3n) is 2.03. The molecule has 1 unspecified atom stereocenters. The van der Waals surface area contributed by atoms with Gasteiger partial charge in [0.15, 0.2) is 0 Å². The van der Waals surface area contributed by atoms with E-state index in [1.807, 2.05) is 12.1 Å². The lowest BCUT2D eigenvalue weighted by Gasteiger charge is -2.10. The lowest BCUT2D eigenvalue weighted by atomic mass is 10.2. The highest BCUT2D eigenvalue weighted by Crippen LogP contribution is 2.16. The summed E-state index contributed by atoms with van der Waals surface area (Å²) >= 11 is 7.19. The highest BCUT2D eigenvalue weighted by Gasteiger charge is 2.15. The minimum absolute atomic E-state index is 0.330. The van der Waals surface area contributed by atoms with Crippen LogP contribution >= 0.6 is 23.4 Å². The molecule has 1 rings (SSSR count). The Morgan fingerprint density at radius 3 is 2.65 bits per heavy atom. The van der Waals surface area contributed by atoms with E-state index in [0.29, 0.717) is 22.9 Å². The number of benzene rings is 1. The first-order valence-corrected chi connectivity index (χ1v) is 6.41. The average molecular weight is 274 g/mol. The zero-order valence-corrected chi connectivity index (χ0v) is 10.5. The van der Waals surface area contributed by atoms with Crippen molar-refractivity contribution in [2.75, 3.05) is 5.75 Å². The third kappa shape index (κ3) is 5.10. The molecule has 0 aliphatic carbocycles. The van der Waals surface area contributed by atoms with E-state index >= 15 is 0 Å². The number of hydrogen-bond donors (Lipinski definition) is 2. The number of carbonyl (C=O) groups excluding carboxylic acids is 1. The predicted octanol–water partition coefficient (Wildman–Crippen LogP) is 1.77. The van der Waals surface area contributed by atoms with Crippen LogP contribution < -0.4 is 5.32 Å². The van der Waals surface area contributed by atoms with Crippen LogP contribution in [0.4, 0.5) is 0 Å². The number of carboxylic acid groups (broad SMARTS) is 1. The predicted molar refractivity (Wildman–Crippen MR) is 68.2 cm³/mol. The van der Waals surface area contributed by atoms with E-state index in [9.17, 15) is 9.59 Å². The minimum Gasteiger partial charge on any atom is -0.480 e. The SMILES string of the molecule is O=CNC(CSCc1ccc(Cl)cc1)C(=O)O. The largest absolute Gasteiger partial charge is 0.480 e. The molecule has 0 heterocycles. The van der Waals surface area contributed by atoms with Crippen molar-refractivity contribution in [2.24, 2.45) is 0 Å². The smallest absolute Gasteiger partial charge is 0.327 e. The van der Waals surface area contributed by atoms with Crippen molar-refractivity contribution in [2.45, 2.75) is 11.8 Å². The zero-order valence-electron chi connectivity index (χ0n) is 8.93. The van der Waals surface area contributed by atoms with Crippen LogP contribution in [0.2, 0.25) is 5.02 Å². The first-order chi connectivity index (χ1) is 8.13. The molecule has 0 aliphatic heterocycles. The molecule has 1 aromatic rings. The van der Waals surface area contributed by atoms with E-state index in [1.54, 1.807) is 12.1 Å². The summed E-state index contributed by atoms with van der Waals surface area (Å²) in [5.41, 5.74) is 1.06. The number of nitrogens with one attached hydrogen (secondary N) is 1. The molecule has 4 nitrogen and oxygen atoms in total.